The lowest BCUT2D eigenvalue weighted by molar-refractivity contribution is -0.180. The van der Waals surface area contributed by atoms with Gasteiger partial charge in [-0.3, -0.25) is 4.79 Å². The average molecular weight is 248 g/mol. The van der Waals surface area contributed by atoms with Crippen LogP contribution in [-0.2, 0) is 21.6 Å². The quantitative estimate of drug-likeness (QED) is 0.836. The van der Waals surface area contributed by atoms with Gasteiger partial charge in [-0.15, -0.1) is 0 Å². The molecule has 1 aromatic carbocycles. The van der Waals surface area contributed by atoms with Crippen LogP contribution in [0.5, 0.6) is 0 Å². The molecule has 0 bridgehead atoms. The van der Waals surface area contributed by atoms with Crippen LogP contribution in [-0.4, -0.2) is 17.2 Å². The van der Waals surface area contributed by atoms with Crippen molar-refractivity contribution in [1.29, 1.82) is 0 Å². The Morgan fingerprint density at radius 2 is 2.00 bits per heavy atom. The van der Waals surface area contributed by atoms with Crippen LogP contribution < -0.4 is 0 Å². The van der Waals surface area contributed by atoms with E-state index >= 15 is 0 Å². The predicted octanol–water partition coefficient (Wildman–Crippen LogP) is 2.41. The highest BCUT2D eigenvalue weighted by molar-refractivity contribution is 5.79. The number of fused-ring (bicyclic) bond motifs is 1. The highest BCUT2D eigenvalue weighted by Crippen LogP contribution is 2.51. The first-order valence-electron chi connectivity index (χ1n) is 6.31. The van der Waals surface area contributed by atoms with Gasteiger partial charge in [0, 0.05) is 6.42 Å². The van der Waals surface area contributed by atoms with Gasteiger partial charge in [0.1, 0.15) is 5.60 Å². The van der Waals surface area contributed by atoms with Crippen LogP contribution in [0.2, 0.25) is 0 Å². The van der Waals surface area contributed by atoms with Crippen molar-refractivity contribution >= 4 is 5.97 Å². The summed E-state index contributed by atoms with van der Waals surface area (Å²) in [6.07, 6.45) is 0.333. The lowest BCUT2D eigenvalue weighted by atomic mass is 9.60. The third-order valence-corrected chi connectivity index (χ3v) is 3.80. The number of rotatable bonds is 3. The summed E-state index contributed by atoms with van der Waals surface area (Å²) >= 11 is 0. The smallest absolute Gasteiger partial charge is 0.315 e. The van der Waals surface area contributed by atoms with Gasteiger partial charge >= 0.3 is 5.97 Å². The molecule has 0 saturated heterocycles. The summed E-state index contributed by atoms with van der Waals surface area (Å²) in [5, 5.41) is 10.8. The summed E-state index contributed by atoms with van der Waals surface area (Å²) in [5.41, 5.74) is -0.109. The SMILES string of the molecule is CC(C)OC(=O)C(C)(C)C1(O)Cc2ccccc21. The van der Waals surface area contributed by atoms with Gasteiger partial charge in [-0.2, -0.15) is 0 Å². The van der Waals surface area contributed by atoms with Crippen molar-refractivity contribution in [3.05, 3.63) is 35.4 Å². The van der Waals surface area contributed by atoms with Crippen molar-refractivity contribution < 1.29 is 14.6 Å². The molecule has 0 heterocycles. The Labute approximate surface area is 108 Å². The maximum absolute atomic E-state index is 12.1. The summed E-state index contributed by atoms with van der Waals surface area (Å²) in [7, 11) is 0. The maximum Gasteiger partial charge on any atom is 0.315 e. The van der Waals surface area contributed by atoms with Gasteiger partial charge in [0.25, 0.3) is 0 Å². The van der Waals surface area contributed by atoms with E-state index < -0.39 is 11.0 Å². The molecule has 1 unspecified atom stereocenters. The van der Waals surface area contributed by atoms with Gasteiger partial charge in [-0.05, 0) is 38.8 Å². The Morgan fingerprint density at radius 3 is 2.56 bits per heavy atom. The Bertz CT molecular complexity index is 476. The molecule has 0 amide bonds. The van der Waals surface area contributed by atoms with Crippen molar-refractivity contribution in [2.24, 2.45) is 5.41 Å². The summed E-state index contributed by atoms with van der Waals surface area (Å²) in [4.78, 5) is 12.1. The molecule has 0 aromatic heterocycles. The van der Waals surface area contributed by atoms with E-state index in [0.29, 0.717) is 6.42 Å². The zero-order valence-electron chi connectivity index (χ0n) is 11.4. The second kappa shape index (κ2) is 4.09. The molecule has 2 rings (SSSR count). The van der Waals surface area contributed by atoms with Crippen molar-refractivity contribution in [3.63, 3.8) is 0 Å². The average Bonchev–Trinajstić information content (AvgIpc) is 2.26. The lowest BCUT2D eigenvalue weighted by Crippen LogP contribution is -2.55. The number of hydrogen-bond donors (Lipinski definition) is 1. The number of carbonyl (C=O) groups excluding carboxylic acids is 1. The largest absolute Gasteiger partial charge is 0.462 e. The minimum absolute atomic E-state index is 0.171. The molecule has 0 spiro atoms. The van der Waals surface area contributed by atoms with Crippen molar-refractivity contribution in [2.75, 3.05) is 0 Å². The minimum atomic E-state index is -1.12. The van der Waals surface area contributed by atoms with Crippen molar-refractivity contribution in [2.45, 2.75) is 45.8 Å². The number of ether oxygens (including phenoxy) is 1. The first-order chi connectivity index (χ1) is 8.29. The van der Waals surface area contributed by atoms with E-state index in [0.717, 1.165) is 11.1 Å². The molecular weight excluding hydrogens is 228 g/mol. The van der Waals surface area contributed by atoms with Crippen LogP contribution in [0.15, 0.2) is 24.3 Å². The van der Waals surface area contributed by atoms with Crippen LogP contribution in [0.25, 0.3) is 0 Å². The highest BCUT2D eigenvalue weighted by atomic mass is 16.5. The number of carbonyl (C=O) groups is 1. The molecule has 0 fully saturated rings. The van der Waals surface area contributed by atoms with Gasteiger partial charge in [0.2, 0.25) is 0 Å². The van der Waals surface area contributed by atoms with Crippen LogP contribution >= 0.6 is 0 Å². The van der Waals surface area contributed by atoms with Gasteiger partial charge < -0.3 is 9.84 Å². The number of aliphatic hydroxyl groups is 1. The van der Waals surface area contributed by atoms with Crippen molar-refractivity contribution in [1.82, 2.24) is 0 Å². The van der Waals surface area contributed by atoms with Gasteiger partial charge in [-0.1, -0.05) is 24.3 Å². The maximum atomic E-state index is 12.1. The predicted molar refractivity (Wildman–Crippen MR) is 69.1 cm³/mol. The number of benzene rings is 1. The van der Waals surface area contributed by atoms with E-state index in [-0.39, 0.29) is 12.1 Å². The minimum Gasteiger partial charge on any atom is -0.462 e. The Kier molecular flexibility index (Phi) is 2.98. The lowest BCUT2D eigenvalue weighted by Gasteiger charge is -2.48. The van der Waals surface area contributed by atoms with Crippen LogP contribution in [0.1, 0.15) is 38.8 Å². The molecule has 1 N–H and O–H groups in total. The Morgan fingerprint density at radius 1 is 1.39 bits per heavy atom. The summed E-state index contributed by atoms with van der Waals surface area (Å²) < 4.78 is 5.25. The van der Waals surface area contributed by atoms with E-state index in [9.17, 15) is 9.90 Å². The molecule has 1 aliphatic rings. The Hall–Kier alpha value is -1.35. The molecule has 1 aromatic rings. The molecule has 3 heteroatoms. The second-order valence-electron chi connectivity index (χ2n) is 5.77. The van der Waals surface area contributed by atoms with E-state index in [1.54, 1.807) is 13.8 Å². The fraction of sp³-hybridized carbons (Fsp3) is 0.533. The fourth-order valence-corrected chi connectivity index (χ4v) is 2.43. The van der Waals surface area contributed by atoms with Gasteiger partial charge in [0.15, 0.2) is 0 Å². The Balaban J connectivity index is 2.30. The summed E-state index contributed by atoms with van der Waals surface area (Å²) in [5.74, 6) is -0.352. The highest BCUT2D eigenvalue weighted by Gasteiger charge is 2.56. The molecule has 1 aliphatic carbocycles. The number of esters is 1. The van der Waals surface area contributed by atoms with Gasteiger partial charge in [-0.25, -0.2) is 0 Å². The first-order valence-corrected chi connectivity index (χ1v) is 6.31. The third-order valence-electron chi connectivity index (χ3n) is 3.80. The zero-order chi connectivity index (χ0) is 13.6. The van der Waals surface area contributed by atoms with E-state index in [1.165, 1.54) is 0 Å². The van der Waals surface area contributed by atoms with Crippen LogP contribution in [0.4, 0.5) is 0 Å². The molecule has 0 aliphatic heterocycles. The molecule has 3 nitrogen and oxygen atoms in total. The molecule has 1 atom stereocenters. The zero-order valence-corrected chi connectivity index (χ0v) is 11.4. The van der Waals surface area contributed by atoms with Gasteiger partial charge in [0.05, 0.1) is 11.5 Å². The van der Waals surface area contributed by atoms with E-state index in [1.807, 2.05) is 38.1 Å². The molecule has 98 valence electrons. The summed E-state index contributed by atoms with van der Waals surface area (Å²) in [6.45, 7) is 7.11. The molecular formula is C15H20O3. The van der Waals surface area contributed by atoms with Crippen molar-refractivity contribution in [3.8, 4) is 0 Å². The molecule has 0 radical (unpaired) electrons. The topological polar surface area (TPSA) is 46.5 Å². The first kappa shape index (κ1) is 13.1. The normalized spacial score (nSPS) is 22.3. The van der Waals surface area contributed by atoms with Crippen LogP contribution in [0.3, 0.4) is 0 Å². The van der Waals surface area contributed by atoms with Crippen LogP contribution in [0, 0.1) is 5.41 Å². The molecule has 0 saturated carbocycles. The summed E-state index contributed by atoms with van der Waals surface area (Å²) in [6, 6.07) is 7.68. The number of hydrogen-bond acceptors (Lipinski definition) is 3. The standard InChI is InChI=1S/C15H20O3/c1-10(2)18-13(16)14(3,4)15(17)9-11-7-5-6-8-12(11)15/h5-8,10,17H,9H2,1-4H3. The fourth-order valence-electron chi connectivity index (χ4n) is 2.43. The second-order valence-corrected chi connectivity index (χ2v) is 5.77. The van der Waals surface area contributed by atoms with E-state index in [2.05, 4.69) is 0 Å². The molecule has 18 heavy (non-hydrogen) atoms. The monoisotopic (exact) mass is 248 g/mol. The van der Waals surface area contributed by atoms with E-state index in [4.69, 9.17) is 4.74 Å². The third kappa shape index (κ3) is 1.74.